The first-order valence-corrected chi connectivity index (χ1v) is 13.8. The summed E-state index contributed by atoms with van der Waals surface area (Å²) in [6.07, 6.45) is 0.650. The highest BCUT2D eigenvalue weighted by Gasteiger charge is 2.30. The first kappa shape index (κ1) is 30.7. The molecule has 0 bridgehead atoms. The Balaban J connectivity index is 1.75. The van der Waals surface area contributed by atoms with Crippen LogP contribution in [-0.2, 0) is 14.4 Å². The van der Waals surface area contributed by atoms with Gasteiger partial charge in [-0.15, -0.1) is 0 Å². The molecule has 40 heavy (non-hydrogen) atoms. The zero-order valence-corrected chi connectivity index (χ0v) is 23.8. The number of hydrogen-bond donors (Lipinski definition) is 3. The van der Waals surface area contributed by atoms with Crippen LogP contribution in [0.3, 0.4) is 0 Å². The number of rotatable bonds is 7. The number of hydrogen-bond acceptors (Lipinski definition) is 6. The highest BCUT2D eigenvalue weighted by atomic mass is 35.5. The highest BCUT2D eigenvalue weighted by molar-refractivity contribution is 6.30. The van der Waals surface area contributed by atoms with Gasteiger partial charge in [0, 0.05) is 18.5 Å². The Morgan fingerprint density at radius 3 is 2.60 bits per heavy atom. The average Bonchev–Trinajstić information content (AvgIpc) is 2.96. The van der Waals surface area contributed by atoms with E-state index in [1.165, 1.54) is 4.90 Å². The van der Waals surface area contributed by atoms with Gasteiger partial charge >= 0.3 is 0 Å². The maximum Gasteiger partial charge on any atom is 0.255 e. The van der Waals surface area contributed by atoms with Crippen LogP contribution in [0, 0.1) is 5.92 Å². The maximum absolute atomic E-state index is 13.2. The monoisotopic (exact) mass is 572 g/mol. The number of carbonyl (C=O) groups is 4. The number of nitrogens with one attached hydrogen (secondary N) is 3. The molecule has 3 rings (SSSR count). The number of ether oxygens (including phenoxy) is 2. The predicted molar refractivity (Wildman–Crippen MR) is 151 cm³/mol. The molecule has 2 aromatic rings. The van der Waals surface area contributed by atoms with E-state index < -0.39 is 23.9 Å². The van der Waals surface area contributed by atoms with Crippen molar-refractivity contribution in [2.24, 2.45) is 5.92 Å². The Kier molecular flexibility index (Phi) is 11.6. The second-order valence-electron chi connectivity index (χ2n) is 9.69. The Labute approximate surface area is 239 Å². The van der Waals surface area contributed by atoms with Gasteiger partial charge in [-0.25, -0.2) is 0 Å². The van der Waals surface area contributed by atoms with Crippen molar-refractivity contribution in [2.45, 2.75) is 45.2 Å². The quantitative estimate of drug-likeness (QED) is 0.438. The normalized spacial score (nSPS) is 19.6. The van der Waals surface area contributed by atoms with E-state index in [9.17, 15) is 19.2 Å². The summed E-state index contributed by atoms with van der Waals surface area (Å²) in [5.41, 5.74) is 0.247. The largest absolute Gasteiger partial charge is 0.492 e. The van der Waals surface area contributed by atoms with Crippen molar-refractivity contribution in [1.82, 2.24) is 20.9 Å². The second-order valence-corrected chi connectivity index (χ2v) is 10.1. The van der Waals surface area contributed by atoms with E-state index in [0.29, 0.717) is 22.9 Å². The van der Waals surface area contributed by atoms with Crippen LogP contribution in [0.4, 0.5) is 0 Å². The molecule has 3 atom stereocenters. The third-order valence-corrected chi connectivity index (χ3v) is 7.01. The molecule has 0 saturated carbocycles. The SMILES string of the molecule is CC[C@H](C)[C@@H]1NC(=O)CC[C@@H](C(=O)NCCOc2ccc(Cl)cc2)NC(=O)c2ccccc2OCCN(C)C1=O. The number of benzene rings is 2. The van der Waals surface area contributed by atoms with E-state index in [4.69, 9.17) is 21.1 Å². The van der Waals surface area contributed by atoms with Crippen molar-refractivity contribution in [3.05, 3.63) is 59.1 Å². The molecule has 0 unspecified atom stereocenters. The van der Waals surface area contributed by atoms with E-state index in [2.05, 4.69) is 16.0 Å². The van der Waals surface area contributed by atoms with E-state index in [1.54, 1.807) is 55.6 Å². The number of likely N-dealkylation sites (N-methyl/N-ethyl adjacent to an activating group) is 1. The molecule has 0 saturated heterocycles. The molecule has 1 aliphatic heterocycles. The van der Waals surface area contributed by atoms with Crippen LogP contribution in [-0.4, -0.2) is 74.0 Å². The van der Waals surface area contributed by atoms with Crippen LogP contribution < -0.4 is 25.4 Å². The highest BCUT2D eigenvalue weighted by Crippen LogP contribution is 2.19. The van der Waals surface area contributed by atoms with Crippen LogP contribution in [0.15, 0.2) is 48.5 Å². The Morgan fingerprint density at radius 2 is 1.88 bits per heavy atom. The Morgan fingerprint density at radius 1 is 1.15 bits per heavy atom. The number of amides is 4. The van der Waals surface area contributed by atoms with Crippen molar-refractivity contribution in [3.8, 4) is 11.5 Å². The molecule has 0 aliphatic carbocycles. The zero-order valence-electron chi connectivity index (χ0n) is 23.1. The summed E-state index contributed by atoms with van der Waals surface area (Å²) >= 11 is 5.89. The van der Waals surface area contributed by atoms with Crippen LogP contribution in [0.5, 0.6) is 11.5 Å². The van der Waals surface area contributed by atoms with Gasteiger partial charge in [0.2, 0.25) is 17.7 Å². The van der Waals surface area contributed by atoms with E-state index in [1.807, 2.05) is 13.8 Å². The van der Waals surface area contributed by atoms with Crippen molar-refractivity contribution in [2.75, 3.05) is 33.4 Å². The van der Waals surface area contributed by atoms with Gasteiger partial charge in [0.1, 0.15) is 36.8 Å². The fraction of sp³-hybridized carbons (Fsp3) is 0.448. The van der Waals surface area contributed by atoms with Gasteiger partial charge in [0.15, 0.2) is 0 Å². The smallest absolute Gasteiger partial charge is 0.255 e. The minimum Gasteiger partial charge on any atom is -0.492 e. The number of para-hydroxylation sites is 1. The third-order valence-electron chi connectivity index (χ3n) is 6.75. The standard InChI is InChI=1S/C29H37ClN4O6/c1-4-19(2)26-29(38)34(3)16-18-40-24-8-6-5-7-22(24)27(36)32-23(13-14-25(35)33-26)28(37)31-15-17-39-21-11-9-20(30)10-12-21/h5-12,19,23,26H,4,13-18H2,1-3H3,(H,31,37)(H,32,36)(H,33,35)/t19-,23-,26-/m0/s1. The lowest BCUT2D eigenvalue weighted by Gasteiger charge is -2.28. The predicted octanol–water partition coefficient (Wildman–Crippen LogP) is 2.80. The maximum atomic E-state index is 13.2. The number of fused-ring (bicyclic) bond motifs is 1. The van der Waals surface area contributed by atoms with Crippen molar-refractivity contribution >= 4 is 35.2 Å². The van der Waals surface area contributed by atoms with Crippen molar-refractivity contribution < 1.29 is 28.7 Å². The number of carbonyl (C=O) groups excluding carboxylic acids is 4. The Bertz CT molecular complexity index is 1180. The lowest BCUT2D eigenvalue weighted by molar-refractivity contribution is -0.137. The second kappa shape index (κ2) is 15.1. The molecule has 10 nitrogen and oxygen atoms in total. The summed E-state index contributed by atoms with van der Waals surface area (Å²) in [4.78, 5) is 53.9. The lowest BCUT2D eigenvalue weighted by atomic mass is 9.97. The van der Waals surface area contributed by atoms with Gasteiger partial charge in [-0.1, -0.05) is 44.0 Å². The fourth-order valence-corrected chi connectivity index (χ4v) is 4.25. The van der Waals surface area contributed by atoms with Gasteiger partial charge in [-0.3, -0.25) is 19.2 Å². The van der Waals surface area contributed by atoms with Gasteiger partial charge < -0.3 is 30.3 Å². The lowest BCUT2D eigenvalue weighted by Crippen LogP contribution is -2.52. The molecule has 2 aromatic carbocycles. The minimum absolute atomic E-state index is 0.0295. The van der Waals surface area contributed by atoms with E-state index in [-0.39, 0.29) is 62.4 Å². The summed E-state index contributed by atoms with van der Waals surface area (Å²) in [6.45, 7) is 4.63. The van der Waals surface area contributed by atoms with Crippen molar-refractivity contribution in [3.63, 3.8) is 0 Å². The molecule has 0 fully saturated rings. The first-order chi connectivity index (χ1) is 19.2. The molecule has 11 heteroatoms. The van der Waals surface area contributed by atoms with Gasteiger partial charge in [-0.2, -0.15) is 0 Å². The molecule has 1 heterocycles. The minimum atomic E-state index is -1.01. The van der Waals surface area contributed by atoms with Crippen LogP contribution in [0.25, 0.3) is 0 Å². The summed E-state index contributed by atoms with van der Waals surface area (Å²) in [7, 11) is 1.65. The van der Waals surface area contributed by atoms with E-state index >= 15 is 0 Å². The molecule has 0 aromatic heterocycles. The van der Waals surface area contributed by atoms with Gasteiger partial charge in [0.25, 0.3) is 5.91 Å². The molecule has 4 amide bonds. The molecule has 0 spiro atoms. The molecule has 0 radical (unpaired) electrons. The number of halogens is 1. The summed E-state index contributed by atoms with van der Waals surface area (Å²) in [6, 6.07) is 11.8. The molecular weight excluding hydrogens is 536 g/mol. The summed E-state index contributed by atoms with van der Waals surface area (Å²) in [5, 5.41) is 8.93. The van der Waals surface area contributed by atoms with Crippen LogP contribution in [0.2, 0.25) is 5.02 Å². The third kappa shape index (κ3) is 8.87. The summed E-state index contributed by atoms with van der Waals surface area (Å²) in [5.74, 6) is -0.738. The summed E-state index contributed by atoms with van der Waals surface area (Å²) < 4.78 is 11.5. The molecule has 216 valence electrons. The molecule has 1 aliphatic rings. The van der Waals surface area contributed by atoms with Crippen LogP contribution in [0.1, 0.15) is 43.5 Å². The van der Waals surface area contributed by atoms with Crippen LogP contribution >= 0.6 is 11.6 Å². The topological polar surface area (TPSA) is 126 Å². The van der Waals surface area contributed by atoms with Gasteiger partial charge in [-0.05, 0) is 48.7 Å². The Hall–Kier alpha value is -3.79. The zero-order chi connectivity index (χ0) is 29.1. The van der Waals surface area contributed by atoms with E-state index in [0.717, 1.165) is 0 Å². The van der Waals surface area contributed by atoms with Gasteiger partial charge in [0.05, 0.1) is 18.7 Å². The first-order valence-electron chi connectivity index (χ1n) is 13.4. The molecule has 3 N–H and O–H groups in total. The molecular formula is C29H37ClN4O6. The number of nitrogens with zero attached hydrogens (tertiary/aromatic N) is 1. The fourth-order valence-electron chi connectivity index (χ4n) is 4.13. The average molecular weight is 573 g/mol. The van der Waals surface area contributed by atoms with Crippen molar-refractivity contribution in [1.29, 1.82) is 0 Å².